The van der Waals surface area contributed by atoms with E-state index in [0.29, 0.717) is 18.7 Å². The molecule has 7 heteroatoms. The standard InChI is InChI=1S/C23H26N2O5/c1-4-5-12-25-20(26)17-18(21(25)27)23(2,22(28)29)24-19(17)15-10-11-16(30-3)14-9-7-6-8-13(14)15/h6-11,17-19,24H,4-5,12H2,1-3H3,(H,28,29). The fourth-order valence-electron chi connectivity index (χ4n) is 4.94. The monoisotopic (exact) mass is 410 g/mol. The SMILES string of the molecule is CCCCN1C(=O)C2C(c3ccc(OC)c4ccccc34)NC(C)(C(=O)O)C2C1=O. The molecule has 2 N–H and O–H groups in total. The number of amides is 2. The number of benzene rings is 2. The molecule has 2 fully saturated rings. The van der Waals surface area contributed by atoms with Crippen molar-refractivity contribution < 1.29 is 24.2 Å². The number of ether oxygens (including phenoxy) is 1. The third-order valence-corrected chi connectivity index (χ3v) is 6.53. The molecule has 2 heterocycles. The molecular formula is C23H26N2O5. The van der Waals surface area contributed by atoms with E-state index in [-0.39, 0.29) is 5.91 Å². The smallest absolute Gasteiger partial charge is 0.324 e. The quantitative estimate of drug-likeness (QED) is 0.711. The number of carboxylic acid groups (broad SMARTS) is 1. The predicted octanol–water partition coefficient (Wildman–Crippen LogP) is 2.74. The lowest BCUT2D eigenvalue weighted by molar-refractivity contribution is -0.150. The number of rotatable bonds is 6. The van der Waals surface area contributed by atoms with Crippen LogP contribution < -0.4 is 10.1 Å². The van der Waals surface area contributed by atoms with Gasteiger partial charge >= 0.3 is 5.97 Å². The van der Waals surface area contributed by atoms with Gasteiger partial charge < -0.3 is 9.84 Å². The van der Waals surface area contributed by atoms with Crippen LogP contribution in [-0.2, 0) is 14.4 Å². The van der Waals surface area contributed by atoms with Gasteiger partial charge in [-0.2, -0.15) is 0 Å². The summed E-state index contributed by atoms with van der Waals surface area (Å²) in [4.78, 5) is 39.9. The van der Waals surface area contributed by atoms with Crippen LogP contribution in [0.4, 0.5) is 0 Å². The first-order chi connectivity index (χ1) is 14.3. The molecule has 2 aromatic carbocycles. The van der Waals surface area contributed by atoms with Gasteiger partial charge in [-0.05, 0) is 30.4 Å². The van der Waals surface area contributed by atoms with E-state index in [1.807, 2.05) is 43.3 Å². The largest absolute Gasteiger partial charge is 0.496 e. The van der Waals surface area contributed by atoms with Gasteiger partial charge in [-0.25, -0.2) is 0 Å². The molecule has 2 aromatic rings. The summed E-state index contributed by atoms with van der Waals surface area (Å²) in [5, 5.41) is 14.9. The van der Waals surface area contributed by atoms with Gasteiger partial charge in [0.05, 0.1) is 18.9 Å². The molecule has 4 atom stereocenters. The molecule has 0 saturated carbocycles. The van der Waals surface area contributed by atoms with Crippen molar-refractivity contribution in [3.05, 3.63) is 42.0 Å². The fraction of sp³-hybridized carbons (Fsp3) is 0.435. The molecule has 4 unspecified atom stereocenters. The van der Waals surface area contributed by atoms with Gasteiger partial charge in [-0.1, -0.05) is 43.7 Å². The number of aliphatic carboxylic acids is 1. The van der Waals surface area contributed by atoms with Crippen molar-refractivity contribution in [2.24, 2.45) is 11.8 Å². The van der Waals surface area contributed by atoms with Crippen molar-refractivity contribution in [2.75, 3.05) is 13.7 Å². The Morgan fingerprint density at radius 1 is 1.17 bits per heavy atom. The number of nitrogens with one attached hydrogen (secondary N) is 1. The normalized spacial score (nSPS) is 28.2. The summed E-state index contributed by atoms with van der Waals surface area (Å²) >= 11 is 0. The zero-order valence-corrected chi connectivity index (χ0v) is 17.3. The van der Waals surface area contributed by atoms with Crippen LogP contribution >= 0.6 is 0 Å². The van der Waals surface area contributed by atoms with Gasteiger partial charge in [0.15, 0.2) is 0 Å². The Morgan fingerprint density at radius 3 is 2.50 bits per heavy atom. The Balaban J connectivity index is 1.86. The topological polar surface area (TPSA) is 95.9 Å². The number of imide groups is 1. The zero-order valence-electron chi connectivity index (χ0n) is 17.3. The van der Waals surface area contributed by atoms with Crippen molar-refractivity contribution >= 4 is 28.6 Å². The number of carbonyl (C=O) groups excluding carboxylic acids is 2. The molecule has 0 aliphatic carbocycles. The maximum absolute atomic E-state index is 13.3. The molecule has 0 aromatic heterocycles. The highest BCUT2D eigenvalue weighted by Crippen LogP contribution is 2.50. The van der Waals surface area contributed by atoms with Crippen molar-refractivity contribution in [3.63, 3.8) is 0 Å². The lowest BCUT2D eigenvalue weighted by Gasteiger charge is -2.27. The Bertz CT molecular complexity index is 1040. The molecule has 0 radical (unpaired) electrons. The summed E-state index contributed by atoms with van der Waals surface area (Å²) in [5.74, 6) is -2.81. The minimum absolute atomic E-state index is 0.291. The highest BCUT2D eigenvalue weighted by molar-refractivity contribution is 6.09. The summed E-state index contributed by atoms with van der Waals surface area (Å²) in [5.41, 5.74) is -0.728. The van der Waals surface area contributed by atoms with E-state index in [4.69, 9.17) is 4.74 Å². The van der Waals surface area contributed by atoms with Crippen molar-refractivity contribution in [2.45, 2.75) is 38.3 Å². The molecule has 7 nitrogen and oxygen atoms in total. The molecule has 2 saturated heterocycles. The lowest BCUT2D eigenvalue weighted by atomic mass is 9.80. The molecule has 30 heavy (non-hydrogen) atoms. The van der Waals surface area contributed by atoms with Gasteiger partial charge in [-0.3, -0.25) is 24.6 Å². The second-order valence-electron chi connectivity index (χ2n) is 8.22. The first-order valence-corrected chi connectivity index (χ1v) is 10.3. The number of unbranched alkanes of at least 4 members (excludes halogenated alkanes) is 1. The highest BCUT2D eigenvalue weighted by atomic mass is 16.5. The third kappa shape index (κ3) is 2.80. The predicted molar refractivity (Wildman–Crippen MR) is 111 cm³/mol. The average molecular weight is 410 g/mol. The minimum atomic E-state index is -1.52. The first kappa shape index (κ1) is 20.3. The molecule has 158 valence electrons. The second kappa shape index (κ2) is 7.40. The second-order valence-corrected chi connectivity index (χ2v) is 8.22. The minimum Gasteiger partial charge on any atom is -0.496 e. The zero-order chi connectivity index (χ0) is 21.6. The van der Waals surface area contributed by atoms with Gasteiger partial charge in [0, 0.05) is 18.0 Å². The molecule has 4 rings (SSSR count). The van der Waals surface area contributed by atoms with Crippen LogP contribution in [0.5, 0.6) is 5.75 Å². The van der Waals surface area contributed by atoms with Crippen molar-refractivity contribution in [3.8, 4) is 5.75 Å². The Labute approximate surface area is 175 Å². The van der Waals surface area contributed by atoms with Crippen LogP contribution in [0.3, 0.4) is 0 Å². The Hall–Kier alpha value is -2.93. The van der Waals surface area contributed by atoms with E-state index in [9.17, 15) is 19.5 Å². The van der Waals surface area contributed by atoms with E-state index in [1.165, 1.54) is 11.8 Å². The summed E-state index contributed by atoms with van der Waals surface area (Å²) in [6.07, 6.45) is 1.54. The van der Waals surface area contributed by atoms with Crippen molar-refractivity contribution in [1.82, 2.24) is 10.2 Å². The average Bonchev–Trinajstić information content (AvgIpc) is 3.19. The number of hydrogen-bond acceptors (Lipinski definition) is 5. The number of nitrogens with zero attached hydrogens (tertiary/aromatic N) is 1. The summed E-state index contributed by atoms with van der Waals surface area (Å²) in [7, 11) is 1.59. The number of carbonyl (C=O) groups is 3. The first-order valence-electron chi connectivity index (χ1n) is 10.3. The van der Waals surface area contributed by atoms with Gasteiger partial charge in [0.1, 0.15) is 11.3 Å². The van der Waals surface area contributed by atoms with Gasteiger partial charge in [0.2, 0.25) is 11.8 Å². The van der Waals surface area contributed by atoms with Crippen LogP contribution in [0.15, 0.2) is 36.4 Å². The number of methoxy groups -OCH3 is 1. The molecule has 2 amide bonds. The van der Waals surface area contributed by atoms with E-state index in [2.05, 4.69) is 5.32 Å². The molecule has 0 spiro atoms. The van der Waals surface area contributed by atoms with Crippen LogP contribution in [-0.4, -0.2) is 47.0 Å². The molecule has 2 aliphatic rings. The Morgan fingerprint density at radius 2 is 1.87 bits per heavy atom. The third-order valence-electron chi connectivity index (χ3n) is 6.53. The number of hydrogen-bond donors (Lipinski definition) is 2. The summed E-state index contributed by atoms with van der Waals surface area (Å²) in [6.45, 7) is 3.82. The van der Waals surface area contributed by atoms with E-state index < -0.39 is 35.3 Å². The maximum Gasteiger partial charge on any atom is 0.324 e. The van der Waals surface area contributed by atoms with Crippen LogP contribution in [0, 0.1) is 11.8 Å². The fourth-order valence-corrected chi connectivity index (χ4v) is 4.94. The molecule has 0 bridgehead atoms. The summed E-state index contributed by atoms with van der Waals surface area (Å²) < 4.78 is 5.47. The van der Waals surface area contributed by atoms with Crippen LogP contribution in [0.1, 0.15) is 38.3 Å². The number of likely N-dealkylation sites (tertiary alicyclic amines) is 1. The van der Waals surface area contributed by atoms with Gasteiger partial charge in [0.25, 0.3) is 0 Å². The summed E-state index contributed by atoms with van der Waals surface area (Å²) in [6, 6.07) is 10.7. The molecule has 2 aliphatic heterocycles. The van der Waals surface area contributed by atoms with Gasteiger partial charge in [-0.15, -0.1) is 0 Å². The maximum atomic E-state index is 13.3. The molecular weight excluding hydrogens is 384 g/mol. The Kier molecular flexibility index (Phi) is 5.02. The van der Waals surface area contributed by atoms with E-state index in [1.54, 1.807) is 7.11 Å². The van der Waals surface area contributed by atoms with E-state index in [0.717, 1.165) is 22.8 Å². The van der Waals surface area contributed by atoms with E-state index >= 15 is 0 Å². The lowest BCUT2D eigenvalue weighted by Crippen LogP contribution is -2.53. The highest BCUT2D eigenvalue weighted by Gasteiger charge is 2.66. The number of carboxylic acids is 1. The van der Waals surface area contributed by atoms with Crippen molar-refractivity contribution in [1.29, 1.82) is 0 Å². The van der Waals surface area contributed by atoms with Crippen LogP contribution in [0.25, 0.3) is 10.8 Å². The number of fused-ring (bicyclic) bond motifs is 2. The van der Waals surface area contributed by atoms with Crippen LogP contribution in [0.2, 0.25) is 0 Å².